The maximum atomic E-state index is 11.6. The van der Waals surface area contributed by atoms with Crippen LogP contribution in [0.4, 0.5) is 0 Å². The number of aryl methyl sites for hydroxylation is 1. The quantitative estimate of drug-likeness (QED) is 0.556. The van der Waals surface area contributed by atoms with E-state index in [0.717, 1.165) is 0 Å². The highest BCUT2D eigenvalue weighted by atomic mass is 16.6. The molecule has 0 spiro atoms. The van der Waals surface area contributed by atoms with E-state index in [1.165, 1.54) is 4.80 Å². The van der Waals surface area contributed by atoms with Crippen molar-refractivity contribution in [3.05, 3.63) is 5.82 Å². The first kappa shape index (κ1) is 9.22. The van der Waals surface area contributed by atoms with Crippen LogP contribution in [0.3, 0.4) is 0 Å². The molecule has 0 radical (unpaired) electrons. The summed E-state index contributed by atoms with van der Waals surface area (Å²) in [5.74, 6) is -0.208. The minimum absolute atomic E-state index is 0.0722. The average Bonchev–Trinajstić information content (AvgIpc) is 2.65. The van der Waals surface area contributed by atoms with Gasteiger partial charge in [-0.25, -0.2) is 0 Å². The summed E-state index contributed by atoms with van der Waals surface area (Å²) in [7, 11) is 1.60. The minimum atomic E-state index is -0.590. The maximum Gasteiger partial charge on any atom is 0.243 e. The third-order valence-corrected chi connectivity index (χ3v) is 1.84. The maximum absolute atomic E-state index is 11.6. The molecule has 1 aliphatic rings. The van der Waals surface area contributed by atoms with Gasteiger partial charge in [-0.2, -0.15) is 4.80 Å². The van der Waals surface area contributed by atoms with Crippen LogP contribution in [-0.4, -0.2) is 51.9 Å². The molecule has 1 atom stereocenters. The second-order valence-electron chi connectivity index (χ2n) is 2.90. The Morgan fingerprint density at radius 2 is 2.43 bits per heavy atom. The van der Waals surface area contributed by atoms with Gasteiger partial charge >= 0.3 is 0 Å². The lowest BCUT2D eigenvalue weighted by Crippen LogP contribution is -2.36. The number of hydrogen-bond donors (Lipinski definition) is 0. The number of hydrogen-bond acceptors (Lipinski definition) is 6. The molecule has 1 saturated heterocycles. The van der Waals surface area contributed by atoms with Crippen molar-refractivity contribution in [3.8, 4) is 0 Å². The number of ketones is 1. The summed E-state index contributed by atoms with van der Waals surface area (Å²) in [6, 6.07) is 0. The molecule has 0 saturated carbocycles. The summed E-state index contributed by atoms with van der Waals surface area (Å²) in [6.45, 7) is 1.21. The number of carbonyl (C=O) groups excluding carboxylic acids is 1. The van der Waals surface area contributed by atoms with Gasteiger partial charge < -0.3 is 9.47 Å². The Labute approximate surface area is 80.0 Å². The van der Waals surface area contributed by atoms with Crippen LogP contribution >= 0.6 is 0 Å². The Kier molecular flexibility index (Phi) is 2.51. The standard InChI is InChI=1S/C7H10N4O3/c1-11-9-7(8-10-11)6(12)5-4-13-2-3-14-5/h5H,2-4H2,1H3. The van der Waals surface area contributed by atoms with Gasteiger partial charge in [0.15, 0.2) is 0 Å². The molecule has 1 aromatic heterocycles. The van der Waals surface area contributed by atoms with Crippen molar-refractivity contribution in [1.82, 2.24) is 20.2 Å². The molecule has 1 fully saturated rings. The number of rotatable bonds is 2. The van der Waals surface area contributed by atoms with Crippen molar-refractivity contribution in [1.29, 1.82) is 0 Å². The number of aromatic nitrogens is 4. The molecular formula is C7H10N4O3. The Balaban J connectivity index is 2.07. The van der Waals surface area contributed by atoms with Gasteiger partial charge in [0.05, 0.1) is 26.9 Å². The van der Waals surface area contributed by atoms with E-state index in [-0.39, 0.29) is 18.2 Å². The molecule has 7 heteroatoms. The van der Waals surface area contributed by atoms with E-state index >= 15 is 0 Å². The summed E-state index contributed by atoms with van der Waals surface area (Å²) in [5, 5.41) is 11.0. The summed E-state index contributed by atoms with van der Waals surface area (Å²) >= 11 is 0. The van der Waals surface area contributed by atoms with Crippen LogP contribution in [-0.2, 0) is 16.5 Å². The van der Waals surface area contributed by atoms with Gasteiger partial charge in [0.1, 0.15) is 6.10 Å². The van der Waals surface area contributed by atoms with Crippen molar-refractivity contribution < 1.29 is 14.3 Å². The molecule has 0 N–H and O–H groups in total. The SMILES string of the molecule is Cn1nnc(C(=O)C2COCCO2)n1. The zero-order valence-electron chi connectivity index (χ0n) is 7.71. The first-order valence-corrected chi connectivity index (χ1v) is 4.25. The zero-order valence-corrected chi connectivity index (χ0v) is 7.71. The van der Waals surface area contributed by atoms with Crippen LogP contribution in [0.25, 0.3) is 0 Å². The zero-order chi connectivity index (χ0) is 9.97. The minimum Gasteiger partial charge on any atom is -0.376 e. The van der Waals surface area contributed by atoms with Crippen LogP contribution in [0, 0.1) is 0 Å². The highest BCUT2D eigenvalue weighted by Gasteiger charge is 2.27. The van der Waals surface area contributed by atoms with Crippen LogP contribution in [0.15, 0.2) is 0 Å². The molecule has 1 aromatic rings. The molecular weight excluding hydrogens is 188 g/mol. The molecule has 1 aliphatic heterocycles. The number of nitrogens with zero attached hydrogens (tertiary/aromatic N) is 4. The van der Waals surface area contributed by atoms with Crippen LogP contribution in [0.2, 0.25) is 0 Å². The van der Waals surface area contributed by atoms with Crippen LogP contribution in [0.5, 0.6) is 0 Å². The molecule has 14 heavy (non-hydrogen) atoms. The molecule has 0 aromatic carbocycles. The Morgan fingerprint density at radius 3 is 3.00 bits per heavy atom. The van der Waals surface area contributed by atoms with Crippen molar-refractivity contribution in [2.45, 2.75) is 6.10 Å². The summed E-state index contributed by atoms with van der Waals surface area (Å²) < 4.78 is 10.3. The average molecular weight is 198 g/mol. The van der Waals surface area contributed by atoms with Crippen molar-refractivity contribution >= 4 is 5.78 Å². The van der Waals surface area contributed by atoms with Gasteiger partial charge in [-0.05, 0) is 5.21 Å². The lowest BCUT2D eigenvalue weighted by Gasteiger charge is -2.20. The first-order valence-electron chi connectivity index (χ1n) is 4.25. The number of carbonyl (C=O) groups is 1. The Bertz CT molecular complexity index is 331. The molecule has 2 rings (SSSR count). The predicted molar refractivity (Wildman–Crippen MR) is 43.7 cm³/mol. The van der Waals surface area contributed by atoms with E-state index in [0.29, 0.717) is 13.2 Å². The molecule has 1 unspecified atom stereocenters. The lowest BCUT2D eigenvalue weighted by atomic mass is 10.2. The van der Waals surface area contributed by atoms with E-state index in [1.54, 1.807) is 7.05 Å². The number of tetrazole rings is 1. The fourth-order valence-electron chi connectivity index (χ4n) is 1.17. The fourth-order valence-corrected chi connectivity index (χ4v) is 1.17. The van der Waals surface area contributed by atoms with E-state index in [1.807, 2.05) is 0 Å². The summed E-state index contributed by atoms with van der Waals surface area (Å²) in [4.78, 5) is 12.9. The first-order chi connectivity index (χ1) is 6.77. The second-order valence-corrected chi connectivity index (χ2v) is 2.90. The van der Waals surface area contributed by atoms with Gasteiger partial charge in [-0.3, -0.25) is 4.79 Å². The van der Waals surface area contributed by atoms with Gasteiger partial charge in [0, 0.05) is 0 Å². The van der Waals surface area contributed by atoms with E-state index in [9.17, 15) is 4.79 Å². The molecule has 76 valence electrons. The molecule has 7 nitrogen and oxygen atoms in total. The normalized spacial score (nSPS) is 22.2. The van der Waals surface area contributed by atoms with E-state index in [2.05, 4.69) is 15.4 Å². The number of Topliss-reactive ketones (excluding diaryl/α,β-unsaturated/α-hetero) is 1. The predicted octanol–water partition coefficient (Wildman–Crippen LogP) is -1.19. The van der Waals surface area contributed by atoms with Gasteiger partial charge in [0.25, 0.3) is 0 Å². The second kappa shape index (κ2) is 3.81. The summed E-state index contributed by atoms with van der Waals surface area (Å²) in [5.41, 5.74) is 0. The highest BCUT2D eigenvalue weighted by Crippen LogP contribution is 2.05. The van der Waals surface area contributed by atoms with Crippen LogP contribution < -0.4 is 0 Å². The van der Waals surface area contributed by atoms with Gasteiger partial charge in [0.2, 0.25) is 11.6 Å². The topological polar surface area (TPSA) is 79.1 Å². The fraction of sp³-hybridized carbons (Fsp3) is 0.714. The highest BCUT2D eigenvalue weighted by molar-refractivity contribution is 5.96. The third kappa shape index (κ3) is 1.78. The Hall–Kier alpha value is -1.34. The largest absolute Gasteiger partial charge is 0.376 e. The van der Waals surface area contributed by atoms with Crippen molar-refractivity contribution in [2.75, 3.05) is 19.8 Å². The lowest BCUT2D eigenvalue weighted by molar-refractivity contribution is -0.0722. The third-order valence-electron chi connectivity index (χ3n) is 1.84. The molecule has 2 heterocycles. The van der Waals surface area contributed by atoms with E-state index in [4.69, 9.17) is 9.47 Å². The van der Waals surface area contributed by atoms with Crippen LogP contribution in [0.1, 0.15) is 10.6 Å². The van der Waals surface area contributed by atoms with Crippen molar-refractivity contribution in [2.24, 2.45) is 7.05 Å². The number of ether oxygens (including phenoxy) is 2. The molecule has 0 bridgehead atoms. The van der Waals surface area contributed by atoms with Gasteiger partial charge in [-0.15, -0.1) is 10.2 Å². The Morgan fingerprint density at radius 1 is 1.57 bits per heavy atom. The van der Waals surface area contributed by atoms with E-state index < -0.39 is 6.10 Å². The summed E-state index contributed by atoms with van der Waals surface area (Å²) in [6.07, 6.45) is -0.590. The van der Waals surface area contributed by atoms with Gasteiger partial charge in [-0.1, -0.05) is 0 Å². The van der Waals surface area contributed by atoms with Crippen molar-refractivity contribution in [3.63, 3.8) is 0 Å². The molecule has 0 aliphatic carbocycles. The smallest absolute Gasteiger partial charge is 0.243 e. The monoisotopic (exact) mass is 198 g/mol. The molecule has 0 amide bonds.